The van der Waals surface area contributed by atoms with Crippen molar-refractivity contribution in [1.82, 2.24) is 9.29 Å². The second-order valence-corrected chi connectivity index (χ2v) is 8.06. The largest absolute Gasteiger partial charge is 0.391 e. The van der Waals surface area contributed by atoms with E-state index in [1.165, 1.54) is 40.1 Å². The third-order valence-corrected chi connectivity index (χ3v) is 6.33. The van der Waals surface area contributed by atoms with Gasteiger partial charge in [-0.2, -0.15) is 4.31 Å². The average Bonchev–Trinajstić information content (AvgIpc) is 2.97. The van der Waals surface area contributed by atoms with E-state index in [0.29, 0.717) is 4.88 Å². The van der Waals surface area contributed by atoms with Gasteiger partial charge in [-0.05, 0) is 18.4 Å². The van der Waals surface area contributed by atoms with E-state index in [1.54, 1.807) is 5.38 Å². The fourth-order valence-corrected chi connectivity index (χ4v) is 4.64. The molecule has 0 aromatic carbocycles. The van der Waals surface area contributed by atoms with Crippen molar-refractivity contribution in [3.63, 3.8) is 0 Å². The number of rotatable bonds is 5. The normalized spacial score (nSPS) is 12.2. The van der Waals surface area contributed by atoms with Crippen LogP contribution < -0.4 is 0 Å². The summed E-state index contributed by atoms with van der Waals surface area (Å²) in [6, 6.07) is 1.52. The Bertz CT molecular complexity index is 660. The van der Waals surface area contributed by atoms with Gasteiger partial charge in [0.05, 0.1) is 28.7 Å². The van der Waals surface area contributed by atoms with Crippen molar-refractivity contribution in [2.45, 2.75) is 25.0 Å². The van der Waals surface area contributed by atoms with E-state index in [4.69, 9.17) is 5.11 Å². The minimum Gasteiger partial charge on any atom is -0.391 e. The van der Waals surface area contributed by atoms with E-state index in [-0.39, 0.29) is 18.0 Å². The van der Waals surface area contributed by atoms with E-state index < -0.39 is 10.0 Å². The van der Waals surface area contributed by atoms with Crippen molar-refractivity contribution in [2.24, 2.45) is 0 Å². The zero-order valence-electron chi connectivity index (χ0n) is 10.5. The Kier molecular flexibility index (Phi) is 4.36. The fraction of sp³-hybridized carbons (Fsp3) is 0.364. The summed E-state index contributed by atoms with van der Waals surface area (Å²) >= 11 is 2.73. The van der Waals surface area contributed by atoms with E-state index in [0.717, 1.165) is 10.7 Å². The van der Waals surface area contributed by atoms with Crippen LogP contribution >= 0.6 is 22.7 Å². The average molecular weight is 318 g/mol. The van der Waals surface area contributed by atoms with Crippen LogP contribution in [0, 0.1) is 6.92 Å². The molecule has 0 amide bonds. The van der Waals surface area contributed by atoms with Crippen LogP contribution in [-0.2, 0) is 23.2 Å². The lowest BCUT2D eigenvalue weighted by Crippen LogP contribution is -2.27. The summed E-state index contributed by atoms with van der Waals surface area (Å²) in [6.07, 6.45) is 0. The number of aliphatic hydroxyl groups excluding tert-OH is 1. The number of aromatic nitrogens is 1. The smallest absolute Gasteiger partial charge is 0.244 e. The van der Waals surface area contributed by atoms with Crippen LogP contribution in [0.15, 0.2) is 21.7 Å². The molecule has 0 aliphatic heterocycles. The maximum absolute atomic E-state index is 12.4. The van der Waals surface area contributed by atoms with Gasteiger partial charge in [-0.1, -0.05) is 0 Å². The molecule has 0 fully saturated rings. The molecule has 0 saturated heterocycles. The topological polar surface area (TPSA) is 70.5 Å². The molecule has 2 aromatic rings. The van der Waals surface area contributed by atoms with Gasteiger partial charge in [-0.25, -0.2) is 13.4 Å². The molecular formula is C11H14N2O3S3. The second kappa shape index (κ2) is 5.68. The summed E-state index contributed by atoms with van der Waals surface area (Å²) in [5, 5.41) is 13.6. The van der Waals surface area contributed by atoms with Gasteiger partial charge in [0.2, 0.25) is 10.0 Å². The molecule has 0 bridgehead atoms. The molecule has 0 atom stereocenters. The Balaban J connectivity index is 2.24. The highest BCUT2D eigenvalue weighted by Gasteiger charge is 2.25. The minimum atomic E-state index is -3.58. The van der Waals surface area contributed by atoms with Gasteiger partial charge in [0.25, 0.3) is 0 Å². The Morgan fingerprint density at radius 1 is 1.42 bits per heavy atom. The van der Waals surface area contributed by atoms with Gasteiger partial charge in [0.15, 0.2) is 0 Å². The summed E-state index contributed by atoms with van der Waals surface area (Å²) < 4.78 is 26.0. The first-order valence-electron chi connectivity index (χ1n) is 5.49. The van der Waals surface area contributed by atoms with Gasteiger partial charge in [0, 0.05) is 17.3 Å². The number of hydrogen-bond donors (Lipinski definition) is 1. The molecule has 0 radical (unpaired) electrons. The maximum atomic E-state index is 12.4. The first-order chi connectivity index (χ1) is 8.95. The van der Waals surface area contributed by atoms with Crippen molar-refractivity contribution in [3.05, 3.63) is 32.4 Å². The van der Waals surface area contributed by atoms with Crippen LogP contribution in [0.25, 0.3) is 0 Å². The summed E-state index contributed by atoms with van der Waals surface area (Å²) in [5.74, 6) is 0. The quantitative estimate of drug-likeness (QED) is 0.913. The van der Waals surface area contributed by atoms with Crippen LogP contribution in [0.5, 0.6) is 0 Å². The number of hydrogen-bond acceptors (Lipinski definition) is 6. The van der Waals surface area contributed by atoms with E-state index in [2.05, 4.69) is 4.98 Å². The van der Waals surface area contributed by atoms with Gasteiger partial charge < -0.3 is 5.11 Å². The highest BCUT2D eigenvalue weighted by atomic mass is 32.2. The molecule has 1 N–H and O–H groups in total. The van der Waals surface area contributed by atoms with Gasteiger partial charge in [-0.15, -0.1) is 22.7 Å². The molecule has 104 valence electrons. The highest BCUT2D eigenvalue weighted by molar-refractivity contribution is 7.89. The summed E-state index contributed by atoms with van der Waals surface area (Å²) in [5.41, 5.74) is 0.731. The molecule has 2 heterocycles. The highest BCUT2D eigenvalue weighted by Crippen LogP contribution is 2.25. The Morgan fingerprint density at radius 3 is 2.74 bits per heavy atom. The lowest BCUT2D eigenvalue weighted by atomic mass is 10.5. The number of aliphatic hydroxyl groups is 1. The van der Waals surface area contributed by atoms with Crippen LogP contribution in [0.3, 0.4) is 0 Å². The Morgan fingerprint density at radius 2 is 2.16 bits per heavy atom. The van der Waals surface area contributed by atoms with Crippen LogP contribution in [-0.4, -0.2) is 29.9 Å². The molecule has 2 aromatic heterocycles. The lowest BCUT2D eigenvalue weighted by molar-refractivity contribution is 0.282. The predicted octanol–water partition coefficient (Wildman–Crippen LogP) is 1.83. The molecule has 19 heavy (non-hydrogen) atoms. The van der Waals surface area contributed by atoms with Crippen LogP contribution in [0.1, 0.15) is 15.6 Å². The molecule has 2 rings (SSSR count). The Hall–Kier alpha value is -0.800. The first kappa shape index (κ1) is 14.6. The summed E-state index contributed by atoms with van der Waals surface area (Å²) in [6.45, 7) is 1.84. The molecule has 0 unspecified atom stereocenters. The van der Waals surface area contributed by atoms with Crippen molar-refractivity contribution in [3.8, 4) is 0 Å². The second-order valence-electron chi connectivity index (χ2n) is 3.99. The van der Waals surface area contributed by atoms with Gasteiger partial charge in [0.1, 0.15) is 0 Å². The zero-order chi connectivity index (χ0) is 14.0. The van der Waals surface area contributed by atoms with Crippen molar-refractivity contribution in [2.75, 3.05) is 7.05 Å². The number of aryl methyl sites for hydroxylation is 1. The van der Waals surface area contributed by atoms with Gasteiger partial charge in [-0.3, -0.25) is 0 Å². The lowest BCUT2D eigenvalue weighted by Gasteiger charge is -2.16. The maximum Gasteiger partial charge on any atom is 0.244 e. The third-order valence-electron chi connectivity index (χ3n) is 2.59. The molecule has 5 nitrogen and oxygen atoms in total. The van der Waals surface area contributed by atoms with Crippen molar-refractivity contribution in [1.29, 1.82) is 0 Å². The fourth-order valence-electron chi connectivity index (χ4n) is 1.64. The molecule has 0 aliphatic rings. The van der Waals surface area contributed by atoms with Crippen LogP contribution in [0.2, 0.25) is 0 Å². The first-order valence-corrected chi connectivity index (χ1v) is 8.69. The van der Waals surface area contributed by atoms with Crippen LogP contribution in [0.4, 0.5) is 0 Å². The summed E-state index contributed by atoms with van der Waals surface area (Å²) in [7, 11) is -2.06. The monoisotopic (exact) mass is 318 g/mol. The van der Waals surface area contributed by atoms with Crippen molar-refractivity contribution >= 4 is 32.7 Å². The predicted molar refractivity (Wildman–Crippen MR) is 75.7 cm³/mol. The SMILES string of the molecule is Cc1nc(CN(C)S(=O)(=O)c2ccsc2CO)cs1. The van der Waals surface area contributed by atoms with E-state index >= 15 is 0 Å². The zero-order valence-corrected chi connectivity index (χ0v) is 13.0. The molecule has 0 aliphatic carbocycles. The van der Waals surface area contributed by atoms with Gasteiger partial charge >= 0.3 is 0 Å². The number of thiophene rings is 1. The molecular weight excluding hydrogens is 304 g/mol. The standard InChI is InChI=1S/C11H14N2O3S3/c1-8-12-9(7-18-8)5-13(2)19(15,16)11-3-4-17-10(11)6-14/h3-4,7,14H,5-6H2,1-2H3. The number of sulfonamides is 1. The van der Waals surface area contributed by atoms with Crippen molar-refractivity contribution < 1.29 is 13.5 Å². The summed E-state index contributed by atoms with van der Waals surface area (Å²) in [4.78, 5) is 4.89. The minimum absolute atomic E-state index is 0.175. The molecule has 0 saturated carbocycles. The Labute approximate surface area is 120 Å². The van der Waals surface area contributed by atoms with E-state index in [9.17, 15) is 8.42 Å². The third kappa shape index (κ3) is 3.03. The molecule has 8 heteroatoms. The van der Waals surface area contributed by atoms with E-state index in [1.807, 2.05) is 12.3 Å². The number of nitrogens with zero attached hydrogens (tertiary/aromatic N) is 2. The molecule has 0 spiro atoms. The number of thiazole rings is 1.